The molecule has 1 unspecified atom stereocenters. The molecule has 1 atom stereocenters. The number of anilines is 1. The average molecular weight is 259 g/mol. The van der Waals surface area contributed by atoms with E-state index in [0.717, 1.165) is 22.9 Å². The summed E-state index contributed by atoms with van der Waals surface area (Å²) in [7, 11) is 0. The Balaban J connectivity index is 2.18. The van der Waals surface area contributed by atoms with Gasteiger partial charge in [-0.05, 0) is 44.9 Å². The molecule has 2 aromatic rings. The SMILES string of the molecule is Cc1cc(C(C)C)nc(NC(C)c2ccc(C)o2)n1. The summed E-state index contributed by atoms with van der Waals surface area (Å²) in [5, 5.41) is 3.29. The highest BCUT2D eigenvalue weighted by molar-refractivity contribution is 5.32. The van der Waals surface area contributed by atoms with Crippen LogP contribution in [0, 0.1) is 13.8 Å². The van der Waals surface area contributed by atoms with E-state index < -0.39 is 0 Å². The molecule has 4 nitrogen and oxygen atoms in total. The summed E-state index contributed by atoms with van der Waals surface area (Å²) in [4.78, 5) is 8.97. The summed E-state index contributed by atoms with van der Waals surface area (Å²) in [5.74, 6) is 2.86. The number of furan rings is 1. The number of aryl methyl sites for hydroxylation is 2. The normalized spacial score (nSPS) is 12.7. The lowest BCUT2D eigenvalue weighted by atomic mass is 10.1. The van der Waals surface area contributed by atoms with E-state index in [1.165, 1.54) is 0 Å². The van der Waals surface area contributed by atoms with Crippen LogP contribution in [0.3, 0.4) is 0 Å². The summed E-state index contributed by atoms with van der Waals surface area (Å²) in [6, 6.07) is 6.02. The predicted octanol–water partition coefficient (Wildman–Crippen LogP) is 3.98. The van der Waals surface area contributed by atoms with Gasteiger partial charge in [-0.25, -0.2) is 9.97 Å². The van der Waals surface area contributed by atoms with Crippen LogP contribution in [0.25, 0.3) is 0 Å². The number of rotatable bonds is 4. The first-order valence-electron chi connectivity index (χ1n) is 6.64. The van der Waals surface area contributed by atoms with Gasteiger partial charge in [-0.15, -0.1) is 0 Å². The van der Waals surface area contributed by atoms with Gasteiger partial charge in [0.1, 0.15) is 11.5 Å². The van der Waals surface area contributed by atoms with Crippen molar-refractivity contribution in [2.24, 2.45) is 0 Å². The molecule has 2 rings (SSSR count). The maximum Gasteiger partial charge on any atom is 0.223 e. The highest BCUT2D eigenvalue weighted by Crippen LogP contribution is 2.21. The number of aromatic nitrogens is 2. The molecule has 2 aromatic heterocycles. The summed E-state index contributed by atoms with van der Waals surface area (Å²) in [6.45, 7) is 10.2. The minimum absolute atomic E-state index is 0.0514. The maximum absolute atomic E-state index is 5.61. The lowest BCUT2D eigenvalue weighted by Crippen LogP contribution is -2.10. The number of nitrogens with one attached hydrogen (secondary N) is 1. The third kappa shape index (κ3) is 3.34. The zero-order valence-electron chi connectivity index (χ0n) is 12.2. The number of nitrogens with zero attached hydrogens (tertiary/aromatic N) is 2. The van der Waals surface area contributed by atoms with Crippen LogP contribution in [0.4, 0.5) is 5.95 Å². The minimum atomic E-state index is 0.0514. The molecule has 0 aliphatic heterocycles. The van der Waals surface area contributed by atoms with Crippen molar-refractivity contribution >= 4 is 5.95 Å². The molecule has 0 radical (unpaired) electrons. The van der Waals surface area contributed by atoms with Gasteiger partial charge in [-0.3, -0.25) is 0 Å². The van der Waals surface area contributed by atoms with Gasteiger partial charge in [-0.2, -0.15) is 0 Å². The van der Waals surface area contributed by atoms with Crippen LogP contribution in [0.15, 0.2) is 22.6 Å². The highest BCUT2D eigenvalue weighted by atomic mass is 16.3. The summed E-state index contributed by atoms with van der Waals surface area (Å²) in [5.41, 5.74) is 2.03. The van der Waals surface area contributed by atoms with Crippen LogP contribution >= 0.6 is 0 Å². The van der Waals surface area contributed by atoms with Crippen LogP contribution < -0.4 is 5.32 Å². The fourth-order valence-electron chi connectivity index (χ4n) is 1.90. The molecular formula is C15H21N3O. The van der Waals surface area contributed by atoms with Crippen LogP contribution in [0.1, 0.15) is 55.6 Å². The number of hydrogen-bond donors (Lipinski definition) is 1. The van der Waals surface area contributed by atoms with E-state index in [9.17, 15) is 0 Å². The summed E-state index contributed by atoms with van der Waals surface area (Å²) in [6.07, 6.45) is 0. The van der Waals surface area contributed by atoms with Crippen molar-refractivity contribution in [3.63, 3.8) is 0 Å². The van der Waals surface area contributed by atoms with Crippen molar-refractivity contribution < 1.29 is 4.42 Å². The van der Waals surface area contributed by atoms with Crippen LogP contribution in [-0.4, -0.2) is 9.97 Å². The number of hydrogen-bond acceptors (Lipinski definition) is 4. The standard InChI is InChI=1S/C15H21N3O/c1-9(2)13-8-10(3)16-15(18-13)17-12(5)14-7-6-11(4)19-14/h6-9,12H,1-5H3,(H,16,17,18). The summed E-state index contributed by atoms with van der Waals surface area (Å²) < 4.78 is 5.61. The predicted molar refractivity (Wildman–Crippen MR) is 76.3 cm³/mol. The lowest BCUT2D eigenvalue weighted by molar-refractivity contribution is 0.466. The Kier molecular flexibility index (Phi) is 3.88. The molecule has 102 valence electrons. The second-order valence-corrected chi connectivity index (χ2v) is 5.23. The highest BCUT2D eigenvalue weighted by Gasteiger charge is 2.12. The Morgan fingerprint density at radius 3 is 2.42 bits per heavy atom. The monoisotopic (exact) mass is 259 g/mol. The molecule has 0 spiro atoms. The van der Waals surface area contributed by atoms with Crippen molar-refractivity contribution in [1.82, 2.24) is 9.97 Å². The Bertz CT molecular complexity index is 560. The molecule has 0 saturated heterocycles. The minimum Gasteiger partial charge on any atom is -0.464 e. The molecule has 1 N–H and O–H groups in total. The molecule has 0 aliphatic rings. The first-order chi connectivity index (χ1) is 8.95. The molecule has 0 fully saturated rings. The summed E-state index contributed by atoms with van der Waals surface area (Å²) >= 11 is 0. The van der Waals surface area contributed by atoms with Crippen LogP contribution in [0.2, 0.25) is 0 Å². The molecule has 0 aromatic carbocycles. The molecule has 0 saturated carbocycles. The lowest BCUT2D eigenvalue weighted by Gasteiger charge is -2.14. The fraction of sp³-hybridized carbons (Fsp3) is 0.467. The zero-order valence-corrected chi connectivity index (χ0v) is 12.2. The van der Waals surface area contributed by atoms with Crippen molar-refractivity contribution in [3.8, 4) is 0 Å². The largest absolute Gasteiger partial charge is 0.464 e. The first-order valence-corrected chi connectivity index (χ1v) is 6.64. The topological polar surface area (TPSA) is 51.0 Å². The van der Waals surface area contributed by atoms with E-state index in [1.54, 1.807) is 0 Å². The van der Waals surface area contributed by atoms with Gasteiger partial charge in [-0.1, -0.05) is 13.8 Å². The van der Waals surface area contributed by atoms with Gasteiger partial charge in [0.05, 0.1) is 6.04 Å². The van der Waals surface area contributed by atoms with Crippen molar-refractivity contribution in [2.75, 3.05) is 5.32 Å². The average Bonchev–Trinajstić information content (AvgIpc) is 2.75. The first kappa shape index (κ1) is 13.6. The molecule has 0 bridgehead atoms. The van der Waals surface area contributed by atoms with E-state index in [-0.39, 0.29) is 6.04 Å². The van der Waals surface area contributed by atoms with Crippen LogP contribution in [0.5, 0.6) is 0 Å². The van der Waals surface area contributed by atoms with Gasteiger partial charge in [0.2, 0.25) is 5.95 Å². The Labute approximate surface area is 114 Å². The van der Waals surface area contributed by atoms with Crippen molar-refractivity contribution in [2.45, 2.75) is 46.6 Å². The smallest absolute Gasteiger partial charge is 0.223 e. The molecule has 4 heteroatoms. The van der Waals surface area contributed by atoms with Crippen molar-refractivity contribution in [1.29, 1.82) is 0 Å². The maximum atomic E-state index is 5.61. The Morgan fingerprint density at radius 1 is 1.11 bits per heavy atom. The molecule has 19 heavy (non-hydrogen) atoms. The van der Waals surface area contributed by atoms with Crippen LogP contribution in [-0.2, 0) is 0 Å². The fourth-order valence-corrected chi connectivity index (χ4v) is 1.90. The van der Waals surface area contributed by atoms with Gasteiger partial charge in [0, 0.05) is 11.4 Å². The van der Waals surface area contributed by atoms with Gasteiger partial charge >= 0.3 is 0 Å². The Hall–Kier alpha value is -1.84. The third-order valence-corrected chi connectivity index (χ3v) is 3.00. The van der Waals surface area contributed by atoms with E-state index in [4.69, 9.17) is 4.42 Å². The van der Waals surface area contributed by atoms with Gasteiger partial charge < -0.3 is 9.73 Å². The quantitative estimate of drug-likeness (QED) is 0.902. The second kappa shape index (κ2) is 5.43. The van der Waals surface area contributed by atoms with Gasteiger partial charge in [0.15, 0.2) is 0 Å². The van der Waals surface area contributed by atoms with E-state index >= 15 is 0 Å². The Morgan fingerprint density at radius 2 is 1.84 bits per heavy atom. The molecule has 2 heterocycles. The molecular weight excluding hydrogens is 238 g/mol. The van der Waals surface area contributed by atoms with Crippen molar-refractivity contribution in [3.05, 3.63) is 41.1 Å². The van der Waals surface area contributed by atoms with E-state index in [0.29, 0.717) is 11.9 Å². The van der Waals surface area contributed by atoms with Gasteiger partial charge in [0.25, 0.3) is 0 Å². The van der Waals surface area contributed by atoms with E-state index in [1.807, 2.05) is 39.0 Å². The zero-order chi connectivity index (χ0) is 14.0. The second-order valence-electron chi connectivity index (χ2n) is 5.23. The van der Waals surface area contributed by atoms with E-state index in [2.05, 4.69) is 29.1 Å². The molecule has 0 amide bonds. The third-order valence-electron chi connectivity index (χ3n) is 3.00. The molecule has 0 aliphatic carbocycles.